The molecule has 5 aliphatic heterocycles. The minimum Gasteiger partial charge on any atom is -0.457 e. The Hall–Kier alpha value is -6.68. The second-order valence-corrected chi connectivity index (χ2v) is 17.0. The number of nitrogens with zero attached hydrogens (tertiary/aromatic N) is 8. The van der Waals surface area contributed by atoms with Gasteiger partial charge in [0.05, 0.1) is 22.6 Å². The lowest BCUT2D eigenvalue weighted by atomic mass is 9.88. The van der Waals surface area contributed by atoms with Crippen molar-refractivity contribution in [2.24, 2.45) is 0 Å². The van der Waals surface area contributed by atoms with Gasteiger partial charge in [0.1, 0.15) is 35.4 Å². The molecule has 3 N–H and O–H groups in total. The molecule has 5 aliphatic rings. The van der Waals surface area contributed by atoms with E-state index in [-0.39, 0.29) is 42.0 Å². The number of aromatic nitrogens is 4. The maximum absolute atomic E-state index is 13.8. The summed E-state index contributed by atoms with van der Waals surface area (Å²) < 4.78 is 8.06. The van der Waals surface area contributed by atoms with Crippen LogP contribution in [0.2, 0.25) is 0 Å². The summed E-state index contributed by atoms with van der Waals surface area (Å²) in [6.07, 6.45) is 6.95. The lowest BCUT2D eigenvalue weighted by molar-refractivity contribution is -0.136. The molecule has 0 spiro atoms. The molecule has 5 aromatic rings. The molecule has 7 heterocycles. The maximum Gasteiger partial charge on any atom is 0.319 e. The van der Waals surface area contributed by atoms with E-state index in [0.29, 0.717) is 38.0 Å². The number of nitrogens with one attached hydrogen (secondary N) is 1. The highest BCUT2D eigenvalue weighted by Crippen LogP contribution is 2.37. The van der Waals surface area contributed by atoms with Crippen molar-refractivity contribution in [3.05, 3.63) is 95.8 Å². The van der Waals surface area contributed by atoms with E-state index in [1.165, 1.54) is 6.33 Å². The van der Waals surface area contributed by atoms with Crippen LogP contribution in [-0.4, -0.2) is 120 Å². The van der Waals surface area contributed by atoms with E-state index >= 15 is 0 Å². The van der Waals surface area contributed by atoms with Crippen LogP contribution in [-0.2, 0) is 9.59 Å². The molecule has 0 saturated carbocycles. The zero-order chi connectivity index (χ0) is 42.5. The average Bonchev–Trinajstić information content (AvgIpc) is 3.82. The number of carbonyl (C=O) groups excluding carboxylic acids is 5. The van der Waals surface area contributed by atoms with E-state index in [9.17, 15) is 24.0 Å². The van der Waals surface area contributed by atoms with Crippen LogP contribution in [0.1, 0.15) is 89.6 Å². The summed E-state index contributed by atoms with van der Waals surface area (Å²) in [6, 6.07) is 22.4. The van der Waals surface area contributed by atoms with E-state index in [2.05, 4.69) is 20.2 Å². The number of para-hydroxylation sites is 1. The molecule has 6 amide bonds. The lowest BCUT2D eigenvalue weighted by Gasteiger charge is -2.43. The molecule has 2 aromatic heterocycles. The number of hydrogen-bond donors (Lipinski definition) is 2. The van der Waals surface area contributed by atoms with Gasteiger partial charge in [0.25, 0.3) is 11.8 Å². The number of fused-ring (bicyclic) bond motifs is 2. The number of rotatable bonds is 7. The van der Waals surface area contributed by atoms with Gasteiger partial charge in [-0.05, 0) is 112 Å². The number of nitrogen functional groups attached to an aromatic ring is 1. The SMILES string of the molecule is Nc1ncnc2c1c(-c1ccc(Oc3ccccc3)cc1)nn2C1CCCN(C2CCN(C(=O)N3CCC(c4ccc5c(c4)C(=O)N(C4CCC(=O)NC4=O)C5=O)CC3)CC2)C1. The van der Waals surface area contributed by atoms with Gasteiger partial charge in [0.2, 0.25) is 11.8 Å². The van der Waals surface area contributed by atoms with Crippen molar-refractivity contribution in [3.63, 3.8) is 0 Å². The molecular formula is C46H48N10O6. The number of ether oxygens (including phenoxy) is 1. The summed E-state index contributed by atoms with van der Waals surface area (Å²) in [5.74, 6) is -0.0294. The Kier molecular flexibility index (Phi) is 10.4. The van der Waals surface area contributed by atoms with Crippen molar-refractivity contribution in [2.45, 2.75) is 75.4 Å². The fourth-order valence-corrected chi connectivity index (χ4v) is 10.0. The number of urea groups is 1. The van der Waals surface area contributed by atoms with Crippen LogP contribution >= 0.6 is 0 Å². The summed E-state index contributed by atoms with van der Waals surface area (Å²) in [6.45, 7) is 4.40. The fraction of sp³-hybridized carbons (Fsp3) is 0.391. The molecule has 62 heavy (non-hydrogen) atoms. The van der Waals surface area contributed by atoms with Crippen molar-refractivity contribution in [1.29, 1.82) is 0 Å². The Labute approximate surface area is 358 Å². The molecule has 16 heteroatoms. The first-order valence-electron chi connectivity index (χ1n) is 21.7. The zero-order valence-electron chi connectivity index (χ0n) is 34.3. The van der Waals surface area contributed by atoms with Crippen molar-refractivity contribution in [2.75, 3.05) is 45.0 Å². The zero-order valence-corrected chi connectivity index (χ0v) is 34.3. The third-order valence-corrected chi connectivity index (χ3v) is 13.4. The molecule has 0 bridgehead atoms. The molecule has 2 unspecified atom stereocenters. The summed E-state index contributed by atoms with van der Waals surface area (Å²) in [4.78, 5) is 81.1. The smallest absolute Gasteiger partial charge is 0.319 e. The van der Waals surface area contributed by atoms with Gasteiger partial charge < -0.3 is 20.3 Å². The predicted molar refractivity (Wildman–Crippen MR) is 228 cm³/mol. The minimum absolute atomic E-state index is 0.0699. The van der Waals surface area contributed by atoms with E-state index < -0.39 is 29.7 Å². The Morgan fingerprint density at radius 2 is 1.45 bits per heavy atom. The highest BCUT2D eigenvalue weighted by molar-refractivity contribution is 6.23. The Balaban J connectivity index is 0.745. The highest BCUT2D eigenvalue weighted by Gasteiger charge is 2.45. The summed E-state index contributed by atoms with van der Waals surface area (Å²) in [7, 11) is 0. The van der Waals surface area contributed by atoms with Gasteiger partial charge in [0, 0.05) is 50.7 Å². The molecule has 318 valence electrons. The first-order chi connectivity index (χ1) is 30.2. The number of likely N-dealkylation sites (tertiary alicyclic amines) is 3. The molecule has 0 aliphatic carbocycles. The van der Waals surface area contributed by atoms with Crippen molar-refractivity contribution < 1.29 is 28.7 Å². The number of benzene rings is 3. The molecule has 2 atom stereocenters. The van der Waals surface area contributed by atoms with Gasteiger partial charge in [0.15, 0.2) is 5.65 Å². The van der Waals surface area contributed by atoms with Crippen LogP contribution in [0, 0.1) is 0 Å². The van der Waals surface area contributed by atoms with E-state index in [4.69, 9.17) is 15.6 Å². The fourth-order valence-electron chi connectivity index (χ4n) is 10.0. The number of nitrogens with two attached hydrogens (primary N) is 1. The van der Waals surface area contributed by atoms with Gasteiger partial charge in [-0.25, -0.2) is 19.4 Å². The second kappa shape index (κ2) is 16.3. The summed E-state index contributed by atoms with van der Waals surface area (Å²) >= 11 is 0. The molecule has 4 saturated heterocycles. The third-order valence-electron chi connectivity index (χ3n) is 13.4. The van der Waals surface area contributed by atoms with Crippen LogP contribution in [0.3, 0.4) is 0 Å². The number of carbonyl (C=O) groups is 5. The predicted octanol–water partition coefficient (Wildman–Crippen LogP) is 5.37. The highest BCUT2D eigenvalue weighted by atomic mass is 16.5. The van der Waals surface area contributed by atoms with Crippen molar-refractivity contribution in [1.82, 2.24) is 44.7 Å². The number of hydrogen-bond acceptors (Lipinski definition) is 11. The quantitative estimate of drug-likeness (QED) is 0.201. The Bertz CT molecular complexity index is 2560. The molecule has 16 nitrogen and oxygen atoms in total. The molecular weight excluding hydrogens is 789 g/mol. The van der Waals surface area contributed by atoms with E-state index in [1.54, 1.807) is 12.1 Å². The van der Waals surface area contributed by atoms with Gasteiger partial charge in [-0.1, -0.05) is 24.3 Å². The largest absolute Gasteiger partial charge is 0.457 e. The Morgan fingerprint density at radius 3 is 2.19 bits per heavy atom. The normalized spacial score (nSPS) is 21.7. The van der Waals surface area contributed by atoms with Crippen LogP contribution in [0.15, 0.2) is 79.1 Å². The number of anilines is 1. The Morgan fingerprint density at radius 1 is 0.742 bits per heavy atom. The summed E-state index contributed by atoms with van der Waals surface area (Å²) in [5.41, 5.74) is 10.4. The second-order valence-electron chi connectivity index (χ2n) is 17.0. The summed E-state index contributed by atoms with van der Waals surface area (Å²) in [5, 5.41) is 8.14. The van der Waals surface area contributed by atoms with E-state index in [1.807, 2.05) is 75.1 Å². The molecule has 10 rings (SSSR count). The van der Waals surface area contributed by atoms with Gasteiger partial charge in [-0.3, -0.25) is 34.3 Å². The molecule has 0 radical (unpaired) electrons. The topological polar surface area (TPSA) is 189 Å². The first-order valence-corrected chi connectivity index (χ1v) is 21.7. The third kappa shape index (κ3) is 7.31. The standard InChI is InChI=1S/C46H48N10O6/c47-41-39-40(29-8-11-34(12-9-29)62-33-6-2-1-3-7-33)51-56(42(39)49-27-48-41)32-5-4-20-54(26-32)31-18-23-53(24-19-31)46(61)52-21-16-28(17-22-52)30-10-13-35-36(25-30)45(60)55(44(35)59)37-14-15-38(57)50-43(37)58/h1-3,6-13,25,27-28,31-32,37H,4-5,14-24,26H2,(H2,47,48,49)(H,50,57,58). The maximum atomic E-state index is 13.8. The van der Waals surface area contributed by atoms with Crippen LogP contribution in [0.25, 0.3) is 22.3 Å². The van der Waals surface area contributed by atoms with Crippen molar-refractivity contribution in [3.8, 4) is 22.8 Å². The van der Waals surface area contributed by atoms with Crippen LogP contribution in [0.4, 0.5) is 10.6 Å². The number of imide groups is 2. The number of piperidine rings is 4. The average molecular weight is 837 g/mol. The van der Waals surface area contributed by atoms with Gasteiger partial charge >= 0.3 is 6.03 Å². The van der Waals surface area contributed by atoms with Crippen LogP contribution in [0.5, 0.6) is 11.5 Å². The monoisotopic (exact) mass is 836 g/mol. The van der Waals surface area contributed by atoms with Crippen molar-refractivity contribution >= 4 is 46.5 Å². The van der Waals surface area contributed by atoms with Gasteiger partial charge in [-0.2, -0.15) is 5.10 Å². The molecule has 3 aromatic carbocycles. The van der Waals surface area contributed by atoms with E-state index in [0.717, 1.165) is 95.9 Å². The van der Waals surface area contributed by atoms with Gasteiger partial charge in [-0.15, -0.1) is 0 Å². The molecule has 4 fully saturated rings. The van der Waals surface area contributed by atoms with Crippen LogP contribution < -0.4 is 15.8 Å². The minimum atomic E-state index is -0.996. The number of amides is 6. The lowest BCUT2D eigenvalue weighted by Crippen LogP contribution is -2.54. The first kappa shape index (κ1) is 39.5.